The minimum absolute atomic E-state index is 0.0319. The summed E-state index contributed by atoms with van der Waals surface area (Å²) in [5, 5.41) is 2.97. The van der Waals surface area contributed by atoms with Gasteiger partial charge in [-0.25, -0.2) is 17.7 Å². The molecule has 3 aromatic rings. The second-order valence-corrected chi connectivity index (χ2v) is 10.4. The molecule has 2 aromatic carbocycles. The third-order valence-electron chi connectivity index (χ3n) is 5.50. The topological polar surface area (TPSA) is 84.3 Å². The maximum absolute atomic E-state index is 12.5. The third-order valence-corrected chi connectivity index (χ3v) is 7.31. The molecule has 0 aliphatic carbocycles. The van der Waals surface area contributed by atoms with Crippen molar-refractivity contribution < 1.29 is 13.2 Å². The molecule has 0 saturated carbocycles. The van der Waals surface area contributed by atoms with Crippen molar-refractivity contribution in [2.24, 2.45) is 0 Å². The van der Waals surface area contributed by atoms with Crippen molar-refractivity contribution in [3.05, 3.63) is 59.4 Å². The highest BCUT2D eigenvalue weighted by molar-refractivity contribution is 7.89. The minimum atomic E-state index is -3.53. The molecule has 1 aromatic heterocycles. The largest absolute Gasteiger partial charge is 0.352 e. The Morgan fingerprint density at radius 3 is 2.50 bits per heavy atom. The summed E-state index contributed by atoms with van der Waals surface area (Å²) in [6, 6.07) is 13.1. The standard InChI is InChI=1S/C24H32N4O3S/c1-5-6-15-28-22-12-11-20(32(30,31)27(3)4)16-21(22)26-23(28)13-14-24(29)25-17-19-9-7-18(2)8-10-19/h7-12,16H,5-6,13-15,17H2,1-4H3,(H,25,29). The second kappa shape index (κ2) is 10.3. The van der Waals surface area contributed by atoms with Crippen molar-refractivity contribution in [2.75, 3.05) is 14.1 Å². The van der Waals surface area contributed by atoms with E-state index in [1.807, 2.05) is 37.3 Å². The number of hydrogen-bond donors (Lipinski definition) is 1. The molecule has 172 valence electrons. The molecule has 0 bridgehead atoms. The summed E-state index contributed by atoms with van der Waals surface area (Å²) in [7, 11) is -0.503. The molecule has 7 nitrogen and oxygen atoms in total. The Balaban J connectivity index is 1.76. The summed E-state index contributed by atoms with van der Waals surface area (Å²) in [6.07, 6.45) is 2.83. The number of hydrogen-bond acceptors (Lipinski definition) is 4. The molecule has 0 atom stereocenters. The van der Waals surface area contributed by atoms with Gasteiger partial charge in [0.2, 0.25) is 15.9 Å². The number of carbonyl (C=O) groups excluding carboxylic acids is 1. The number of benzene rings is 2. The lowest BCUT2D eigenvalue weighted by Crippen LogP contribution is -2.23. The molecular formula is C24H32N4O3S. The van der Waals surface area contributed by atoms with E-state index in [9.17, 15) is 13.2 Å². The van der Waals surface area contributed by atoms with E-state index >= 15 is 0 Å². The number of aromatic nitrogens is 2. The summed E-state index contributed by atoms with van der Waals surface area (Å²) < 4.78 is 28.3. The van der Waals surface area contributed by atoms with Crippen LogP contribution in [0.1, 0.15) is 43.1 Å². The van der Waals surface area contributed by atoms with Crippen molar-refractivity contribution in [3.8, 4) is 0 Å². The SMILES string of the molecule is CCCCn1c(CCC(=O)NCc2ccc(C)cc2)nc2cc(S(=O)(=O)N(C)C)ccc21. The van der Waals surface area contributed by atoms with Crippen LogP contribution in [0.2, 0.25) is 0 Å². The van der Waals surface area contributed by atoms with Gasteiger partial charge in [0.25, 0.3) is 0 Å². The maximum atomic E-state index is 12.5. The Morgan fingerprint density at radius 1 is 1.12 bits per heavy atom. The maximum Gasteiger partial charge on any atom is 0.242 e. The Bertz CT molecular complexity index is 1180. The van der Waals surface area contributed by atoms with E-state index in [0.29, 0.717) is 24.9 Å². The fourth-order valence-electron chi connectivity index (χ4n) is 3.51. The normalized spacial score (nSPS) is 11.9. The fourth-order valence-corrected chi connectivity index (χ4v) is 4.43. The van der Waals surface area contributed by atoms with Gasteiger partial charge in [-0.05, 0) is 37.1 Å². The number of carbonyl (C=O) groups is 1. The van der Waals surface area contributed by atoms with E-state index in [0.717, 1.165) is 36.3 Å². The number of sulfonamides is 1. The first-order chi connectivity index (χ1) is 15.2. The van der Waals surface area contributed by atoms with Crippen molar-refractivity contribution in [3.63, 3.8) is 0 Å². The summed E-state index contributed by atoms with van der Waals surface area (Å²) in [5.41, 5.74) is 3.78. The number of nitrogens with zero attached hydrogens (tertiary/aromatic N) is 3. The van der Waals surface area contributed by atoms with Crippen molar-refractivity contribution >= 4 is 27.0 Å². The van der Waals surface area contributed by atoms with E-state index in [2.05, 4.69) is 16.8 Å². The molecule has 1 heterocycles. The van der Waals surface area contributed by atoms with E-state index in [4.69, 9.17) is 4.98 Å². The Morgan fingerprint density at radius 2 is 1.84 bits per heavy atom. The fraction of sp³-hybridized carbons (Fsp3) is 0.417. The molecule has 1 amide bonds. The Kier molecular flexibility index (Phi) is 7.69. The van der Waals surface area contributed by atoms with Crippen LogP contribution in [0.4, 0.5) is 0 Å². The van der Waals surface area contributed by atoms with E-state index in [-0.39, 0.29) is 10.8 Å². The Labute approximate surface area is 190 Å². The van der Waals surface area contributed by atoms with Crippen LogP contribution < -0.4 is 5.32 Å². The van der Waals surface area contributed by atoms with Gasteiger partial charge in [0.05, 0.1) is 15.9 Å². The molecule has 0 fully saturated rings. The number of rotatable bonds is 10. The molecule has 0 saturated heterocycles. The second-order valence-electron chi connectivity index (χ2n) is 8.23. The van der Waals surface area contributed by atoms with Crippen LogP contribution in [0, 0.1) is 6.92 Å². The van der Waals surface area contributed by atoms with Crippen LogP contribution in [0.25, 0.3) is 11.0 Å². The third kappa shape index (κ3) is 5.55. The van der Waals surface area contributed by atoms with Gasteiger partial charge in [-0.3, -0.25) is 4.79 Å². The molecule has 0 unspecified atom stereocenters. The highest BCUT2D eigenvalue weighted by Gasteiger charge is 2.20. The van der Waals surface area contributed by atoms with Crippen LogP contribution in [-0.4, -0.2) is 42.3 Å². The first kappa shape index (κ1) is 23.9. The lowest BCUT2D eigenvalue weighted by Gasteiger charge is -2.11. The zero-order valence-corrected chi connectivity index (χ0v) is 20.1. The van der Waals surface area contributed by atoms with E-state index < -0.39 is 10.0 Å². The van der Waals surface area contributed by atoms with Gasteiger partial charge in [0, 0.05) is 40.0 Å². The average Bonchev–Trinajstić information content (AvgIpc) is 3.12. The van der Waals surface area contributed by atoms with Gasteiger partial charge < -0.3 is 9.88 Å². The van der Waals surface area contributed by atoms with Gasteiger partial charge in [-0.2, -0.15) is 0 Å². The zero-order valence-electron chi connectivity index (χ0n) is 19.3. The van der Waals surface area contributed by atoms with Crippen LogP contribution in [-0.2, 0) is 34.3 Å². The minimum Gasteiger partial charge on any atom is -0.352 e. The van der Waals surface area contributed by atoms with Gasteiger partial charge in [0.1, 0.15) is 5.82 Å². The molecule has 0 radical (unpaired) electrons. The number of imidazole rings is 1. The quantitative estimate of drug-likeness (QED) is 0.505. The van der Waals surface area contributed by atoms with Crippen LogP contribution in [0.15, 0.2) is 47.4 Å². The van der Waals surface area contributed by atoms with Crippen molar-refractivity contribution in [2.45, 2.75) is 57.5 Å². The summed E-state index contributed by atoms with van der Waals surface area (Å²) in [6.45, 7) is 5.44. The molecule has 0 spiro atoms. The number of unbranched alkanes of at least 4 members (excludes halogenated alkanes) is 1. The number of fused-ring (bicyclic) bond motifs is 1. The molecule has 3 rings (SSSR count). The number of amides is 1. The zero-order chi connectivity index (χ0) is 23.3. The van der Waals surface area contributed by atoms with E-state index in [1.165, 1.54) is 24.0 Å². The van der Waals surface area contributed by atoms with Gasteiger partial charge >= 0.3 is 0 Å². The highest BCUT2D eigenvalue weighted by Crippen LogP contribution is 2.23. The Hall–Kier alpha value is -2.71. The average molecular weight is 457 g/mol. The highest BCUT2D eigenvalue weighted by atomic mass is 32.2. The van der Waals surface area contributed by atoms with Crippen LogP contribution in [0.5, 0.6) is 0 Å². The molecule has 8 heteroatoms. The molecular weight excluding hydrogens is 424 g/mol. The molecule has 0 aliphatic heterocycles. The van der Waals surface area contributed by atoms with Gasteiger partial charge in [0.15, 0.2) is 0 Å². The summed E-state index contributed by atoms with van der Waals surface area (Å²) in [4.78, 5) is 17.3. The summed E-state index contributed by atoms with van der Waals surface area (Å²) >= 11 is 0. The first-order valence-electron chi connectivity index (χ1n) is 11.0. The lowest BCUT2D eigenvalue weighted by molar-refractivity contribution is -0.121. The molecule has 0 aliphatic rings. The van der Waals surface area contributed by atoms with Crippen LogP contribution >= 0.6 is 0 Å². The van der Waals surface area contributed by atoms with Crippen molar-refractivity contribution in [1.29, 1.82) is 0 Å². The predicted molar refractivity (Wildman–Crippen MR) is 127 cm³/mol. The van der Waals surface area contributed by atoms with Gasteiger partial charge in [-0.1, -0.05) is 43.2 Å². The summed E-state index contributed by atoms with van der Waals surface area (Å²) in [5.74, 6) is 0.772. The smallest absolute Gasteiger partial charge is 0.242 e. The first-order valence-corrected chi connectivity index (χ1v) is 12.4. The van der Waals surface area contributed by atoms with E-state index in [1.54, 1.807) is 12.1 Å². The molecule has 1 N–H and O–H groups in total. The lowest BCUT2D eigenvalue weighted by atomic mass is 10.1. The van der Waals surface area contributed by atoms with Crippen LogP contribution in [0.3, 0.4) is 0 Å². The number of aryl methyl sites for hydroxylation is 3. The van der Waals surface area contributed by atoms with Crippen molar-refractivity contribution in [1.82, 2.24) is 19.2 Å². The van der Waals surface area contributed by atoms with Gasteiger partial charge in [-0.15, -0.1) is 0 Å². The monoisotopic (exact) mass is 456 g/mol. The predicted octanol–water partition coefficient (Wildman–Crippen LogP) is 3.64. The molecule has 32 heavy (non-hydrogen) atoms. The number of nitrogens with one attached hydrogen (secondary N) is 1.